The van der Waals surface area contributed by atoms with Gasteiger partial charge < -0.3 is 14.5 Å². The summed E-state index contributed by atoms with van der Waals surface area (Å²) >= 11 is 0. The molecular formula is C20H22N6O3. The minimum atomic E-state index is -0.180. The van der Waals surface area contributed by atoms with Crippen LogP contribution in [0.2, 0.25) is 0 Å². The van der Waals surface area contributed by atoms with Crippen molar-refractivity contribution in [3.63, 3.8) is 0 Å². The van der Waals surface area contributed by atoms with Crippen LogP contribution < -0.4 is 15.2 Å². The van der Waals surface area contributed by atoms with E-state index in [-0.39, 0.29) is 11.5 Å². The average molecular weight is 394 g/mol. The molecule has 1 fully saturated rings. The maximum absolute atomic E-state index is 13.2. The number of benzene rings is 1. The first-order valence-corrected chi connectivity index (χ1v) is 9.52. The van der Waals surface area contributed by atoms with Crippen molar-refractivity contribution in [3.05, 3.63) is 52.8 Å². The average Bonchev–Trinajstić information content (AvgIpc) is 2.79. The molecule has 1 saturated heterocycles. The first-order valence-electron chi connectivity index (χ1n) is 9.52. The Labute approximate surface area is 167 Å². The third-order valence-electron chi connectivity index (χ3n) is 5.12. The van der Waals surface area contributed by atoms with E-state index in [1.165, 1.54) is 11.0 Å². The zero-order valence-electron chi connectivity index (χ0n) is 16.4. The molecule has 3 aromatic rings. The third kappa shape index (κ3) is 3.39. The smallest absolute Gasteiger partial charge is 0.275 e. The Morgan fingerprint density at radius 3 is 2.55 bits per heavy atom. The lowest BCUT2D eigenvalue weighted by atomic mass is 10.1. The predicted molar refractivity (Wildman–Crippen MR) is 108 cm³/mol. The number of aryl methyl sites for hydroxylation is 1. The van der Waals surface area contributed by atoms with Gasteiger partial charge in [0.1, 0.15) is 6.33 Å². The van der Waals surface area contributed by atoms with E-state index in [0.717, 1.165) is 5.82 Å². The molecule has 1 aromatic carbocycles. The summed E-state index contributed by atoms with van der Waals surface area (Å²) in [5.41, 5.74) is 0.135. The van der Waals surface area contributed by atoms with E-state index in [2.05, 4.69) is 20.0 Å². The molecule has 0 atom stereocenters. The quantitative estimate of drug-likeness (QED) is 0.656. The minimum absolute atomic E-state index is 0.169. The van der Waals surface area contributed by atoms with Crippen molar-refractivity contribution < 1.29 is 9.53 Å². The van der Waals surface area contributed by atoms with Crippen LogP contribution in [0.3, 0.4) is 0 Å². The van der Waals surface area contributed by atoms with Crippen molar-refractivity contribution in [2.45, 2.75) is 13.5 Å². The van der Waals surface area contributed by atoms with Gasteiger partial charge in [0.25, 0.3) is 11.5 Å². The number of carbonyl (C=O) groups excluding carboxylic acids is 1. The highest BCUT2D eigenvalue weighted by molar-refractivity contribution is 6.04. The molecule has 9 heteroatoms. The van der Waals surface area contributed by atoms with Gasteiger partial charge in [0, 0.05) is 38.1 Å². The van der Waals surface area contributed by atoms with Gasteiger partial charge in [0.15, 0.2) is 17.3 Å². The number of carbonyl (C=O) groups is 1. The standard InChI is InChI=1S/C20H22N6O3/c1-3-26-19(27)15-7-5-4-6-14(15)17(23-26)20(28)25-10-8-24(9-11-25)18-16(29-2)12-21-13-22-18/h4-7,12-13H,3,8-11H2,1-2H3. The van der Waals surface area contributed by atoms with Gasteiger partial charge in [-0.3, -0.25) is 9.59 Å². The normalized spacial score (nSPS) is 14.3. The summed E-state index contributed by atoms with van der Waals surface area (Å²) < 4.78 is 6.68. The molecule has 1 amide bonds. The summed E-state index contributed by atoms with van der Waals surface area (Å²) in [7, 11) is 1.58. The van der Waals surface area contributed by atoms with Gasteiger partial charge in [-0.05, 0) is 13.0 Å². The van der Waals surface area contributed by atoms with E-state index >= 15 is 0 Å². The first kappa shape index (κ1) is 18.9. The zero-order valence-corrected chi connectivity index (χ0v) is 16.4. The fraction of sp³-hybridized carbons (Fsp3) is 0.350. The van der Waals surface area contributed by atoms with Crippen LogP contribution in [0, 0.1) is 0 Å². The molecule has 4 rings (SSSR count). The Morgan fingerprint density at radius 2 is 1.86 bits per heavy atom. The lowest BCUT2D eigenvalue weighted by Crippen LogP contribution is -2.49. The van der Waals surface area contributed by atoms with Crippen LogP contribution in [0.15, 0.2) is 41.6 Å². The highest BCUT2D eigenvalue weighted by Crippen LogP contribution is 2.25. The van der Waals surface area contributed by atoms with Crippen molar-refractivity contribution >= 4 is 22.5 Å². The summed E-state index contributed by atoms with van der Waals surface area (Å²) in [5, 5.41) is 5.46. The summed E-state index contributed by atoms with van der Waals surface area (Å²) in [6, 6.07) is 7.13. The van der Waals surface area contributed by atoms with Crippen molar-refractivity contribution in [2.75, 3.05) is 38.2 Å². The van der Waals surface area contributed by atoms with Gasteiger partial charge >= 0.3 is 0 Å². The second-order valence-electron chi connectivity index (χ2n) is 6.71. The SMILES string of the molecule is CCn1nc(C(=O)N2CCN(c3ncncc3OC)CC2)c2ccccc2c1=O. The number of hydrogen-bond acceptors (Lipinski definition) is 7. The number of nitrogens with zero attached hydrogens (tertiary/aromatic N) is 6. The molecule has 0 saturated carbocycles. The first-order chi connectivity index (χ1) is 14.1. The van der Waals surface area contributed by atoms with Crippen LogP contribution in [0.1, 0.15) is 17.4 Å². The molecular weight excluding hydrogens is 372 g/mol. The van der Waals surface area contributed by atoms with Gasteiger partial charge in [0.05, 0.1) is 18.7 Å². The van der Waals surface area contributed by atoms with Crippen LogP contribution in [0.25, 0.3) is 10.8 Å². The largest absolute Gasteiger partial charge is 0.491 e. The van der Waals surface area contributed by atoms with Gasteiger partial charge in [-0.25, -0.2) is 14.6 Å². The van der Waals surface area contributed by atoms with Gasteiger partial charge in [-0.15, -0.1) is 0 Å². The van der Waals surface area contributed by atoms with E-state index in [0.29, 0.717) is 54.9 Å². The zero-order chi connectivity index (χ0) is 20.4. The van der Waals surface area contributed by atoms with Gasteiger partial charge in [0.2, 0.25) is 0 Å². The van der Waals surface area contributed by atoms with Crippen LogP contribution in [-0.4, -0.2) is 63.8 Å². The molecule has 0 bridgehead atoms. The number of ether oxygens (including phenoxy) is 1. The Kier molecular flexibility index (Phi) is 5.11. The van der Waals surface area contributed by atoms with Crippen LogP contribution in [0.5, 0.6) is 5.75 Å². The number of anilines is 1. The minimum Gasteiger partial charge on any atom is -0.491 e. The van der Waals surface area contributed by atoms with E-state index < -0.39 is 0 Å². The monoisotopic (exact) mass is 394 g/mol. The lowest BCUT2D eigenvalue weighted by molar-refractivity contribution is 0.0740. The topological polar surface area (TPSA) is 93.5 Å². The summed E-state index contributed by atoms with van der Waals surface area (Å²) in [6.45, 7) is 4.52. The van der Waals surface area contributed by atoms with Gasteiger partial charge in [-0.2, -0.15) is 5.10 Å². The Morgan fingerprint density at radius 1 is 1.14 bits per heavy atom. The predicted octanol–water partition coefficient (Wildman–Crippen LogP) is 1.18. The Balaban J connectivity index is 1.59. The second-order valence-corrected chi connectivity index (χ2v) is 6.71. The van der Waals surface area contributed by atoms with Gasteiger partial charge in [-0.1, -0.05) is 18.2 Å². The fourth-order valence-electron chi connectivity index (χ4n) is 3.57. The maximum atomic E-state index is 13.2. The van der Waals surface area contributed by atoms with Crippen molar-refractivity contribution in [1.29, 1.82) is 0 Å². The van der Waals surface area contributed by atoms with E-state index in [1.54, 1.807) is 36.4 Å². The van der Waals surface area contributed by atoms with Crippen molar-refractivity contribution in [3.8, 4) is 5.75 Å². The van der Waals surface area contributed by atoms with E-state index in [9.17, 15) is 9.59 Å². The molecule has 3 heterocycles. The van der Waals surface area contributed by atoms with Crippen molar-refractivity contribution in [1.82, 2.24) is 24.6 Å². The molecule has 1 aliphatic rings. The fourth-order valence-corrected chi connectivity index (χ4v) is 3.57. The maximum Gasteiger partial charge on any atom is 0.275 e. The number of hydrogen-bond donors (Lipinski definition) is 0. The number of amides is 1. The van der Waals surface area contributed by atoms with Crippen LogP contribution in [-0.2, 0) is 6.54 Å². The molecule has 2 aromatic heterocycles. The third-order valence-corrected chi connectivity index (χ3v) is 5.12. The molecule has 150 valence electrons. The summed E-state index contributed by atoms with van der Waals surface area (Å²) in [6.07, 6.45) is 3.11. The highest BCUT2D eigenvalue weighted by Gasteiger charge is 2.27. The molecule has 1 aliphatic heterocycles. The molecule has 0 aliphatic carbocycles. The molecule has 0 unspecified atom stereocenters. The summed E-state index contributed by atoms with van der Waals surface area (Å²) in [4.78, 5) is 37.9. The van der Waals surface area contributed by atoms with Crippen LogP contribution in [0.4, 0.5) is 5.82 Å². The lowest BCUT2D eigenvalue weighted by Gasteiger charge is -2.35. The second kappa shape index (κ2) is 7.86. The van der Waals surface area contributed by atoms with E-state index in [4.69, 9.17) is 4.74 Å². The Hall–Kier alpha value is -3.49. The van der Waals surface area contributed by atoms with Crippen LogP contribution >= 0.6 is 0 Å². The van der Waals surface area contributed by atoms with E-state index in [1.807, 2.05) is 13.0 Å². The molecule has 0 N–H and O–H groups in total. The summed E-state index contributed by atoms with van der Waals surface area (Å²) in [5.74, 6) is 1.16. The Bertz CT molecular complexity index is 1100. The molecule has 0 spiro atoms. The molecule has 29 heavy (non-hydrogen) atoms. The van der Waals surface area contributed by atoms with Crippen molar-refractivity contribution in [2.24, 2.45) is 0 Å². The number of methoxy groups -OCH3 is 1. The number of aromatic nitrogens is 4. The molecule has 9 nitrogen and oxygen atoms in total. The number of fused-ring (bicyclic) bond motifs is 1. The molecule has 0 radical (unpaired) electrons. The number of piperazine rings is 1. The highest BCUT2D eigenvalue weighted by atomic mass is 16.5. The number of rotatable bonds is 4.